The molecule has 69 heavy (non-hydrogen) atoms. The van der Waals surface area contributed by atoms with Gasteiger partial charge in [-0.05, 0) is 85.3 Å². The maximum atomic E-state index is 15.3. The van der Waals surface area contributed by atoms with Gasteiger partial charge in [-0.3, -0.25) is 48.7 Å². The molecule has 3 unspecified atom stereocenters. The Morgan fingerprint density at radius 2 is 1.48 bits per heavy atom. The molecule has 0 aliphatic carbocycles. The number of Topliss-reactive ketones (excluding diaryl/α,β-unsaturated/α-hetero) is 1. The molecule has 0 radical (unpaired) electrons. The predicted molar refractivity (Wildman–Crippen MR) is 243 cm³/mol. The summed E-state index contributed by atoms with van der Waals surface area (Å²) in [6.07, 6.45) is -0.973. The Balaban J connectivity index is 0.692. The van der Waals surface area contributed by atoms with E-state index >= 15 is 4.39 Å². The van der Waals surface area contributed by atoms with Crippen molar-refractivity contribution >= 4 is 69.4 Å². The van der Waals surface area contributed by atoms with E-state index in [0.717, 1.165) is 17.0 Å². The van der Waals surface area contributed by atoms with Crippen LogP contribution in [0.3, 0.4) is 0 Å². The number of amides is 6. The Labute approximate surface area is 399 Å². The lowest BCUT2D eigenvalue weighted by molar-refractivity contribution is -0.149. The number of anilines is 1. The number of hydrogen-bond donors (Lipinski definition) is 4. The zero-order chi connectivity index (χ0) is 49.1. The van der Waals surface area contributed by atoms with Gasteiger partial charge in [0, 0.05) is 60.6 Å². The second-order valence-electron chi connectivity index (χ2n) is 16.6. The third-order valence-corrected chi connectivity index (χ3v) is 11.9. The van der Waals surface area contributed by atoms with Crippen LogP contribution in [0.2, 0.25) is 5.02 Å². The van der Waals surface area contributed by atoms with E-state index in [0.29, 0.717) is 118 Å². The highest BCUT2D eigenvalue weighted by atomic mass is 35.5. The fraction of sp³-hybridized carbons (Fsp3) is 0.438. The molecule has 0 bridgehead atoms. The van der Waals surface area contributed by atoms with Crippen molar-refractivity contribution in [3.05, 3.63) is 99.5 Å². The molecule has 0 spiro atoms. The second-order valence-corrected chi connectivity index (χ2v) is 17.0. The summed E-state index contributed by atoms with van der Waals surface area (Å²) in [5.74, 6) is -5.25. The van der Waals surface area contributed by atoms with Gasteiger partial charge in [-0.2, -0.15) is 0 Å². The normalized spacial score (nSPS) is 19.2. The minimum absolute atomic E-state index is 0.0571. The average molecular weight is 980 g/mol. The number of alkyl halides is 1. The van der Waals surface area contributed by atoms with E-state index in [1.807, 2.05) is 0 Å². The standard InChI is InChI=1S/C48H52ClF2N5O13/c49-32-22-29(23-33(50)26-32)28-52-46(62)48(64)27-40(51)55(47(48)63)34-8-9-36-31(24-34)25-37(53-36)39(57)7-3-13-66-15-17-68-19-21-69-20-18-67-16-14-65-12-2-5-30-4-1-6-35-42(30)45(61)56(44(35)60)38-10-11-41(58)54-43(38)59/h1,4,6,8-9,22-26,38,40,53,64H,2-3,5,7,10-21,27-28H2,(H,52,62)(H,54,58,59). The molecular weight excluding hydrogens is 928 g/mol. The molecule has 368 valence electrons. The van der Waals surface area contributed by atoms with Crippen LogP contribution < -0.4 is 15.5 Å². The van der Waals surface area contributed by atoms with Crippen molar-refractivity contribution in [2.45, 2.75) is 69.4 Å². The molecule has 21 heteroatoms. The number of piperidine rings is 1. The van der Waals surface area contributed by atoms with E-state index in [9.17, 15) is 43.1 Å². The number of H-pyrrole nitrogens is 1. The molecule has 3 aliphatic heterocycles. The first-order valence-electron chi connectivity index (χ1n) is 22.6. The van der Waals surface area contributed by atoms with Crippen molar-refractivity contribution in [1.29, 1.82) is 0 Å². The first kappa shape index (κ1) is 50.9. The Morgan fingerprint density at radius 3 is 2.14 bits per heavy atom. The van der Waals surface area contributed by atoms with Gasteiger partial charge in [0.25, 0.3) is 23.6 Å². The summed E-state index contributed by atoms with van der Waals surface area (Å²) in [5, 5.41) is 16.1. The number of ketones is 1. The topological polar surface area (TPSA) is 232 Å². The number of nitrogens with one attached hydrogen (secondary N) is 3. The minimum Gasteiger partial charge on any atom is -0.379 e. The van der Waals surface area contributed by atoms with Crippen molar-refractivity contribution < 1.29 is 71.1 Å². The molecule has 6 amide bonds. The number of aromatic amines is 1. The average Bonchev–Trinajstić information content (AvgIpc) is 3.94. The molecule has 3 atom stereocenters. The van der Waals surface area contributed by atoms with Crippen LogP contribution in [0.1, 0.15) is 80.9 Å². The monoisotopic (exact) mass is 979 g/mol. The highest BCUT2D eigenvalue weighted by molar-refractivity contribution is 6.30. The first-order valence-corrected chi connectivity index (χ1v) is 22.9. The summed E-state index contributed by atoms with van der Waals surface area (Å²) in [5.41, 5.74) is -0.225. The van der Waals surface area contributed by atoms with Crippen LogP contribution in [0.5, 0.6) is 0 Å². The lowest BCUT2D eigenvalue weighted by Crippen LogP contribution is -2.54. The van der Waals surface area contributed by atoms with Crippen molar-refractivity contribution in [1.82, 2.24) is 20.5 Å². The summed E-state index contributed by atoms with van der Waals surface area (Å²) in [4.78, 5) is 94.0. The molecule has 3 aromatic carbocycles. The zero-order valence-corrected chi connectivity index (χ0v) is 38.3. The van der Waals surface area contributed by atoms with Gasteiger partial charge in [-0.15, -0.1) is 0 Å². The lowest BCUT2D eigenvalue weighted by atomic mass is 9.99. The van der Waals surface area contributed by atoms with E-state index in [-0.39, 0.29) is 53.4 Å². The van der Waals surface area contributed by atoms with Crippen LogP contribution in [0, 0.1) is 5.82 Å². The van der Waals surface area contributed by atoms with Crippen molar-refractivity contribution in [3.63, 3.8) is 0 Å². The summed E-state index contributed by atoms with van der Waals surface area (Å²) in [6, 6.07) is 13.7. The molecule has 2 fully saturated rings. The van der Waals surface area contributed by atoms with Gasteiger partial charge in [-0.1, -0.05) is 23.7 Å². The van der Waals surface area contributed by atoms with Crippen LogP contribution in [0.4, 0.5) is 14.5 Å². The third kappa shape index (κ3) is 12.4. The Kier molecular flexibility index (Phi) is 17.4. The quantitative estimate of drug-likeness (QED) is 0.0228. The predicted octanol–water partition coefficient (Wildman–Crippen LogP) is 4.12. The largest absolute Gasteiger partial charge is 0.379 e. The van der Waals surface area contributed by atoms with Crippen molar-refractivity contribution in [2.24, 2.45) is 0 Å². The van der Waals surface area contributed by atoms with E-state index in [1.54, 1.807) is 30.3 Å². The number of aliphatic hydroxyl groups is 1. The molecule has 1 aromatic heterocycles. The molecule has 7 rings (SSSR count). The maximum absolute atomic E-state index is 15.3. The number of halogens is 3. The summed E-state index contributed by atoms with van der Waals surface area (Å²) in [6.45, 7) is 3.31. The molecule has 4 aromatic rings. The van der Waals surface area contributed by atoms with Crippen LogP contribution in [-0.2, 0) is 55.8 Å². The number of aryl methyl sites for hydroxylation is 1. The number of rotatable bonds is 26. The lowest BCUT2D eigenvalue weighted by Gasteiger charge is -2.27. The Hall–Kier alpha value is -6.00. The minimum atomic E-state index is -2.70. The number of fused-ring (bicyclic) bond motifs is 2. The van der Waals surface area contributed by atoms with Gasteiger partial charge in [-0.25, -0.2) is 8.78 Å². The van der Waals surface area contributed by atoms with Gasteiger partial charge in [0.05, 0.1) is 69.7 Å². The van der Waals surface area contributed by atoms with E-state index < -0.39 is 65.6 Å². The number of imide groups is 2. The van der Waals surface area contributed by atoms with Crippen LogP contribution >= 0.6 is 11.6 Å². The highest BCUT2D eigenvalue weighted by Gasteiger charge is 2.57. The number of hydrogen-bond acceptors (Lipinski definition) is 13. The highest BCUT2D eigenvalue weighted by Crippen LogP contribution is 2.36. The van der Waals surface area contributed by atoms with Crippen molar-refractivity contribution in [2.75, 3.05) is 71.0 Å². The summed E-state index contributed by atoms with van der Waals surface area (Å²) >= 11 is 5.85. The zero-order valence-electron chi connectivity index (χ0n) is 37.5. The molecule has 2 saturated heterocycles. The first-order chi connectivity index (χ1) is 33.2. The summed E-state index contributed by atoms with van der Waals surface area (Å²) in [7, 11) is 0. The fourth-order valence-electron chi connectivity index (χ4n) is 8.29. The molecule has 0 saturated carbocycles. The van der Waals surface area contributed by atoms with Crippen LogP contribution in [0.15, 0.2) is 60.7 Å². The van der Waals surface area contributed by atoms with E-state index in [4.69, 9.17) is 35.3 Å². The molecule has 4 heterocycles. The van der Waals surface area contributed by atoms with Gasteiger partial charge in [0.15, 0.2) is 12.1 Å². The number of carbonyl (C=O) groups is 7. The van der Waals surface area contributed by atoms with Gasteiger partial charge >= 0.3 is 0 Å². The van der Waals surface area contributed by atoms with Gasteiger partial charge in [0.1, 0.15) is 11.9 Å². The third-order valence-electron chi connectivity index (χ3n) is 11.7. The number of carbonyl (C=O) groups excluding carboxylic acids is 7. The molecule has 3 aliphatic rings. The SMILES string of the molecule is O=C1CCC(N2C(=O)c3cccc(CCCOCCOCCOCCOCCOCCCC(=O)c4cc5cc(N6C(=O)C(O)(C(=O)NCc7cc(F)cc(Cl)c7)CC6F)ccc5[nH]4)c3C2=O)C(=O)N1. The van der Waals surface area contributed by atoms with Gasteiger partial charge in [0.2, 0.25) is 17.4 Å². The summed E-state index contributed by atoms with van der Waals surface area (Å²) < 4.78 is 56.8. The Morgan fingerprint density at radius 1 is 0.812 bits per heavy atom. The number of nitrogens with zero attached hydrogens (tertiary/aromatic N) is 2. The second kappa shape index (κ2) is 23.5. The molecule has 18 nitrogen and oxygen atoms in total. The van der Waals surface area contributed by atoms with Crippen LogP contribution in [-0.4, -0.2) is 140 Å². The molecular formula is C48H52ClF2N5O13. The van der Waals surface area contributed by atoms with E-state index in [2.05, 4.69) is 15.6 Å². The number of benzene rings is 3. The number of ether oxygens (including phenoxy) is 5. The van der Waals surface area contributed by atoms with Crippen molar-refractivity contribution in [3.8, 4) is 0 Å². The van der Waals surface area contributed by atoms with Gasteiger partial charge < -0.3 is 39.1 Å². The maximum Gasteiger partial charge on any atom is 0.271 e. The Bertz CT molecular complexity index is 2560. The van der Waals surface area contributed by atoms with Crippen LogP contribution in [0.25, 0.3) is 10.9 Å². The molecule has 4 N–H and O–H groups in total. The van der Waals surface area contributed by atoms with E-state index in [1.165, 1.54) is 18.2 Å². The fourth-order valence-corrected chi connectivity index (χ4v) is 8.53. The smallest absolute Gasteiger partial charge is 0.271 e. The number of aromatic nitrogens is 1.